The Balaban J connectivity index is 2.33. The fourth-order valence-corrected chi connectivity index (χ4v) is 3.76. The smallest absolute Gasteiger partial charge is 0.248 e. The minimum Gasteiger partial charge on any atom is -0.323 e. The Morgan fingerprint density at radius 1 is 1.16 bits per heavy atom. The molecule has 0 aliphatic rings. The fraction of sp³-hybridized carbons (Fsp3) is 0.188. The van der Waals surface area contributed by atoms with Crippen molar-refractivity contribution in [1.29, 1.82) is 0 Å². The van der Waals surface area contributed by atoms with Crippen LogP contribution in [0.1, 0.15) is 6.92 Å². The summed E-state index contributed by atoms with van der Waals surface area (Å²) in [6.45, 7) is 1.41. The minimum atomic E-state index is -3.79. The summed E-state index contributed by atoms with van der Waals surface area (Å²) in [6.07, 6.45) is 0.965. The molecule has 0 heterocycles. The van der Waals surface area contributed by atoms with Gasteiger partial charge in [0.25, 0.3) is 0 Å². The van der Waals surface area contributed by atoms with E-state index in [0.29, 0.717) is 0 Å². The van der Waals surface area contributed by atoms with Crippen LogP contribution in [0.25, 0.3) is 0 Å². The molecule has 1 atom stereocenters. The zero-order chi connectivity index (χ0) is 18.8. The predicted molar refractivity (Wildman–Crippen MR) is 98.3 cm³/mol. The van der Waals surface area contributed by atoms with Gasteiger partial charge in [0.05, 0.1) is 27.7 Å². The van der Waals surface area contributed by atoms with E-state index in [1.807, 2.05) is 0 Å². The second kappa shape index (κ2) is 7.59. The van der Waals surface area contributed by atoms with E-state index in [0.717, 1.165) is 22.7 Å². The Hall–Kier alpha value is -1.83. The summed E-state index contributed by atoms with van der Waals surface area (Å²) in [7, 11) is -3.79. The summed E-state index contributed by atoms with van der Waals surface area (Å²) in [6, 6.07) is 8.40. The molecule has 0 spiro atoms. The third kappa shape index (κ3) is 4.62. The number of benzene rings is 2. The van der Waals surface area contributed by atoms with Crippen LogP contribution < -0.4 is 9.62 Å². The third-order valence-electron chi connectivity index (χ3n) is 3.38. The van der Waals surface area contributed by atoms with E-state index in [1.165, 1.54) is 19.1 Å². The van der Waals surface area contributed by atoms with Gasteiger partial charge < -0.3 is 5.32 Å². The largest absolute Gasteiger partial charge is 0.323 e. The van der Waals surface area contributed by atoms with Crippen LogP contribution in [0.15, 0.2) is 42.5 Å². The molecule has 2 rings (SSSR count). The molecule has 2 aromatic carbocycles. The number of carbonyl (C=O) groups is 1. The van der Waals surface area contributed by atoms with E-state index < -0.39 is 27.8 Å². The quantitative estimate of drug-likeness (QED) is 0.820. The average Bonchev–Trinajstić information content (AvgIpc) is 2.52. The van der Waals surface area contributed by atoms with E-state index >= 15 is 0 Å². The van der Waals surface area contributed by atoms with Gasteiger partial charge in [0.2, 0.25) is 15.9 Å². The van der Waals surface area contributed by atoms with Crippen molar-refractivity contribution < 1.29 is 17.6 Å². The lowest BCUT2D eigenvalue weighted by atomic mass is 10.2. The van der Waals surface area contributed by atoms with Crippen LogP contribution in [0.2, 0.25) is 10.0 Å². The Kier molecular flexibility index (Phi) is 5.92. The van der Waals surface area contributed by atoms with Crippen LogP contribution in [0.5, 0.6) is 0 Å². The molecule has 9 heteroatoms. The second-order valence-electron chi connectivity index (χ2n) is 5.30. The molecular formula is C16H15Cl2FN2O3S. The van der Waals surface area contributed by atoms with Gasteiger partial charge in [-0.3, -0.25) is 9.10 Å². The Morgan fingerprint density at radius 2 is 1.76 bits per heavy atom. The number of anilines is 2. The van der Waals surface area contributed by atoms with E-state index in [1.54, 1.807) is 18.2 Å². The van der Waals surface area contributed by atoms with Gasteiger partial charge in [0.1, 0.15) is 11.9 Å². The molecule has 1 N–H and O–H groups in total. The number of carbonyl (C=O) groups excluding carboxylic acids is 1. The van der Waals surface area contributed by atoms with Crippen molar-refractivity contribution in [3.05, 3.63) is 58.3 Å². The zero-order valence-corrected chi connectivity index (χ0v) is 15.7. The van der Waals surface area contributed by atoms with Crippen molar-refractivity contribution in [2.45, 2.75) is 13.0 Å². The molecule has 0 bridgehead atoms. The third-order valence-corrected chi connectivity index (χ3v) is 5.44. The van der Waals surface area contributed by atoms with Crippen molar-refractivity contribution in [2.75, 3.05) is 15.9 Å². The zero-order valence-electron chi connectivity index (χ0n) is 13.3. The predicted octanol–water partition coefficient (Wildman–Crippen LogP) is 3.93. The fourth-order valence-electron chi connectivity index (χ4n) is 2.23. The lowest BCUT2D eigenvalue weighted by Gasteiger charge is -2.28. The Morgan fingerprint density at radius 3 is 2.32 bits per heavy atom. The van der Waals surface area contributed by atoms with Crippen LogP contribution in [-0.2, 0) is 14.8 Å². The maximum Gasteiger partial charge on any atom is 0.248 e. The molecule has 25 heavy (non-hydrogen) atoms. The van der Waals surface area contributed by atoms with E-state index in [4.69, 9.17) is 23.2 Å². The van der Waals surface area contributed by atoms with Gasteiger partial charge in [0, 0.05) is 0 Å². The van der Waals surface area contributed by atoms with Crippen LogP contribution in [0.3, 0.4) is 0 Å². The lowest BCUT2D eigenvalue weighted by Crippen LogP contribution is -2.45. The van der Waals surface area contributed by atoms with Crippen molar-refractivity contribution in [2.24, 2.45) is 0 Å². The second-order valence-corrected chi connectivity index (χ2v) is 7.95. The summed E-state index contributed by atoms with van der Waals surface area (Å²) in [5.74, 6) is -1.13. The molecular weight excluding hydrogens is 390 g/mol. The van der Waals surface area contributed by atoms with E-state index in [9.17, 15) is 17.6 Å². The van der Waals surface area contributed by atoms with Crippen molar-refractivity contribution >= 4 is 50.5 Å². The molecule has 0 aromatic heterocycles. The van der Waals surface area contributed by atoms with Gasteiger partial charge in [-0.2, -0.15) is 0 Å². The van der Waals surface area contributed by atoms with Crippen molar-refractivity contribution in [1.82, 2.24) is 0 Å². The van der Waals surface area contributed by atoms with Gasteiger partial charge >= 0.3 is 0 Å². The molecule has 0 radical (unpaired) electrons. The monoisotopic (exact) mass is 404 g/mol. The topological polar surface area (TPSA) is 66.5 Å². The normalized spacial score (nSPS) is 12.5. The summed E-state index contributed by atoms with van der Waals surface area (Å²) in [5, 5.41) is 2.95. The first kappa shape index (κ1) is 19.5. The highest BCUT2D eigenvalue weighted by Crippen LogP contribution is 2.30. The van der Waals surface area contributed by atoms with Gasteiger partial charge in [-0.25, -0.2) is 12.8 Å². The van der Waals surface area contributed by atoms with Crippen LogP contribution >= 0.6 is 23.2 Å². The average molecular weight is 405 g/mol. The molecule has 2 aromatic rings. The maximum atomic E-state index is 13.1. The number of sulfonamides is 1. The molecule has 0 aliphatic heterocycles. The minimum absolute atomic E-state index is 0.150. The number of hydrogen-bond acceptors (Lipinski definition) is 3. The molecule has 0 saturated carbocycles. The van der Waals surface area contributed by atoms with Crippen LogP contribution in [-0.4, -0.2) is 26.6 Å². The Bertz CT molecular complexity index is 889. The highest BCUT2D eigenvalue weighted by atomic mass is 35.5. The first-order chi connectivity index (χ1) is 11.6. The van der Waals surface area contributed by atoms with Gasteiger partial charge in [-0.05, 0) is 43.3 Å². The number of nitrogens with zero attached hydrogens (tertiary/aromatic N) is 1. The molecule has 0 aliphatic carbocycles. The first-order valence-corrected chi connectivity index (χ1v) is 9.71. The molecule has 0 saturated heterocycles. The summed E-state index contributed by atoms with van der Waals surface area (Å²) >= 11 is 11.9. The molecule has 1 amide bonds. The van der Waals surface area contributed by atoms with E-state index in [2.05, 4.69) is 5.32 Å². The lowest BCUT2D eigenvalue weighted by molar-refractivity contribution is -0.116. The number of hydrogen-bond donors (Lipinski definition) is 1. The number of amides is 1. The van der Waals surface area contributed by atoms with Crippen LogP contribution in [0, 0.1) is 5.82 Å². The van der Waals surface area contributed by atoms with Crippen LogP contribution in [0.4, 0.5) is 15.8 Å². The molecule has 0 fully saturated rings. The van der Waals surface area contributed by atoms with Gasteiger partial charge in [-0.1, -0.05) is 29.3 Å². The highest BCUT2D eigenvalue weighted by molar-refractivity contribution is 7.92. The highest BCUT2D eigenvalue weighted by Gasteiger charge is 2.29. The maximum absolute atomic E-state index is 13.1. The number of halogens is 3. The van der Waals surface area contributed by atoms with Crippen molar-refractivity contribution in [3.63, 3.8) is 0 Å². The molecule has 134 valence electrons. The summed E-state index contributed by atoms with van der Waals surface area (Å²) in [5.41, 5.74) is 0.433. The molecule has 0 unspecified atom stereocenters. The SMILES string of the molecule is C[C@H](C(=O)Nc1cccc(Cl)c1Cl)N(c1ccc(F)cc1)S(C)(=O)=O. The number of nitrogens with one attached hydrogen (secondary N) is 1. The summed E-state index contributed by atoms with van der Waals surface area (Å²) < 4.78 is 38.3. The molecule has 5 nitrogen and oxygen atoms in total. The summed E-state index contributed by atoms with van der Waals surface area (Å²) in [4.78, 5) is 12.5. The standard InChI is InChI=1S/C16H15Cl2FN2O3S/c1-10(16(22)20-14-5-3-4-13(17)15(14)18)21(25(2,23)24)12-8-6-11(19)7-9-12/h3-10H,1-2H3,(H,20,22)/t10-/m1/s1. The van der Waals surface area contributed by atoms with Crippen molar-refractivity contribution in [3.8, 4) is 0 Å². The van der Waals surface area contributed by atoms with Gasteiger partial charge in [-0.15, -0.1) is 0 Å². The van der Waals surface area contributed by atoms with E-state index in [-0.39, 0.29) is 21.4 Å². The Labute approximate surface area is 155 Å². The van der Waals surface area contributed by atoms with Gasteiger partial charge in [0.15, 0.2) is 0 Å². The first-order valence-electron chi connectivity index (χ1n) is 7.11. The number of rotatable bonds is 5.